The highest BCUT2D eigenvalue weighted by Crippen LogP contribution is 2.43. The maximum Gasteiger partial charge on any atom is 0.335 e. The van der Waals surface area contributed by atoms with Crippen LogP contribution < -0.4 is 4.90 Å². The topological polar surface area (TPSA) is 94.9 Å². The fourth-order valence-corrected chi connectivity index (χ4v) is 3.97. The molecule has 0 bridgehead atoms. The number of ketones is 1. The van der Waals surface area contributed by atoms with E-state index in [1.165, 1.54) is 35.2 Å². The van der Waals surface area contributed by atoms with Gasteiger partial charge in [0.2, 0.25) is 0 Å². The van der Waals surface area contributed by atoms with Crippen molar-refractivity contribution in [1.82, 2.24) is 0 Å². The van der Waals surface area contributed by atoms with Gasteiger partial charge in [0.15, 0.2) is 11.5 Å². The molecule has 0 saturated heterocycles. The molecule has 0 radical (unpaired) electrons. The van der Waals surface area contributed by atoms with Crippen molar-refractivity contribution in [2.24, 2.45) is 0 Å². The second-order valence-electron chi connectivity index (χ2n) is 7.33. The number of benzene rings is 3. The largest absolute Gasteiger partial charge is 0.503 e. The van der Waals surface area contributed by atoms with E-state index >= 15 is 0 Å². The number of amides is 1. The van der Waals surface area contributed by atoms with Gasteiger partial charge in [-0.25, -0.2) is 4.79 Å². The Labute approximate surface area is 194 Å². The second-order valence-corrected chi connectivity index (χ2v) is 7.73. The van der Waals surface area contributed by atoms with Crippen molar-refractivity contribution in [2.45, 2.75) is 6.04 Å². The Bertz CT molecular complexity index is 1310. The molecule has 2 N–H and O–H groups in total. The van der Waals surface area contributed by atoms with Crippen molar-refractivity contribution in [1.29, 1.82) is 0 Å². The van der Waals surface area contributed by atoms with E-state index in [9.17, 15) is 24.6 Å². The third kappa shape index (κ3) is 4.29. The van der Waals surface area contributed by atoms with Gasteiger partial charge in [0.1, 0.15) is 0 Å². The number of aliphatic hydroxyl groups excluding tert-OH is 1. The molecule has 1 heterocycles. The molecule has 0 aliphatic carbocycles. The number of hydrogen-bond donors (Lipinski definition) is 2. The maximum atomic E-state index is 13.2. The Kier molecular flexibility index (Phi) is 6.11. The molecule has 0 fully saturated rings. The Morgan fingerprint density at radius 1 is 0.939 bits per heavy atom. The first-order valence-electron chi connectivity index (χ1n) is 10.0. The first-order valence-corrected chi connectivity index (χ1v) is 10.4. The normalized spacial score (nSPS) is 16.0. The van der Waals surface area contributed by atoms with E-state index in [0.717, 1.165) is 5.56 Å². The van der Waals surface area contributed by atoms with E-state index in [4.69, 9.17) is 11.6 Å². The van der Waals surface area contributed by atoms with Gasteiger partial charge < -0.3 is 10.2 Å². The van der Waals surface area contributed by atoms with Crippen LogP contribution in [-0.4, -0.2) is 27.9 Å². The number of nitrogens with zero attached hydrogens (tertiary/aromatic N) is 1. The van der Waals surface area contributed by atoms with E-state index in [-0.39, 0.29) is 16.8 Å². The zero-order valence-electron chi connectivity index (χ0n) is 17.2. The van der Waals surface area contributed by atoms with Crippen LogP contribution in [0.15, 0.2) is 96.3 Å². The van der Waals surface area contributed by atoms with Crippen LogP contribution in [0.1, 0.15) is 27.5 Å². The predicted octanol–water partition coefficient (Wildman–Crippen LogP) is 5.22. The quantitative estimate of drug-likeness (QED) is 0.493. The fourth-order valence-electron chi connectivity index (χ4n) is 3.73. The maximum absolute atomic E-state index is 13.2. The lowest BCUT2D eigenvalue weighted by atomic mass is 9.95. The van der Waals surface area contributed by atoms with Crippen LogP contribution in [0.5, 0.6) is 0 Å². The predicted molar refractivity (Wildman–Crippen MR) is 125 cm³/mol. The third-order valence-electron chi connectivity index (χ3n) is 5.27. The Morgan fingerprint density at radius 2 is 1.64 bits per heavy atom. The molecule has 1 amide bonds. The Hall–Kier alpha value is -4.16. The van der Waals surface area contributed by atoms with Crippen LogP contribution in [0.3, 0.4) is 0 Å². The summed E-state index contributed by atoms with van der Waals surface area (Å²) in [6.45, 7) is 0. The lowest BCUT2D eigenvalue weighted by Crippen LogP contribution is -2.31. The minimum absolute atomic E-state index is 0.0403. The van der Waals surface area contributed by atoms with Crippen molar-refractivity contribution >= 4 is 41.0 Å². The molecule has 0 aromatic heterocycles. The Morgan fingerprint density at radius 3 is 2.33 bits per heavy atom. The monoisotopic (exact) mass is 459 g/mol. The third-order valence-corrected chi connectivity index (χ3v) is 5.62. The summed E-state index contributed by atoms with van der Waals surface area (Å²) in [7, 11) is 0. The summed E-state index contributed by atoms with van der Waals surface area (Å²) >= 11 is 6.41. The number of aliphatic hydroxyl groups is 1. The number of aromatic carboxylic acids is 1. The molecule has 4 rings (SSSR count). The number of halogens is 1. The van der Waals surface area contributed by atoms with Crippen LogP contribution >= 0.6 is 11.6 Å². The van der Waals surface area contributed by atoms with Gasteiger partial charge in [0.25, 0.3) is 5.91 Å². The highest BCUT2D eigenvalue weighted by molar-refractivity contribution is 6.32. The van der Waals surface area contributed by atoms with Crippen molar-refractivity contribution in [3.8, 4) is 0 Å². The molecule has 7 heteroatoms. The molecule has 3 aromatic rings. The van der Waals surface area contributed by atoms with Crippen molar-refractivity contribution in [3.05, 3.63) is 118 Å². The van der Waals surface area contributed by atoms with Crippen molar-refractivity contribution in [2.75, 3.05) is 4.90 Å². The van der Waals surface area contributed by atoms with Crippen LogP contribution in [0, 0.1) is 0 Å². The number of hydrogen-bond acceptors (Lipinski definition) is 4. The van der Waals surface area contributed by atoms with E-state index in [0.29, 0.717) is 10.6 Å². The summed E-state index contributed by atoms with van der Waals surface area (Å²) in [4.78, 5) is 39.0. The minimum Gasteiger partial charge on any atom is -0.503 e. The minimum atomic E-state index is -1.17. The number of rotatable bonds is 6. The first kappa shape index (κ1) is 22.0. The molecule has 3 aromatic carbocycles. The summed E-state index contributed by atoms with van der Waals surface area (Å²) in [5, 5.41) is 20.4. The molecule has 1 aliphatic rings. The zero-order valence-corrected chi connectivity index (χ0v) is 17.9. The number of carboxylic acids is 1. The zero-order chi connectivity index (χ0) is 23.5. The highest BCUT2D eigenvalue weighted by atomic mass is 35.5. The van der Waals surface area contributed by atoms with Gasteiger partial charge in [-0.15, -0.1) is 0 Å². The van der Waals surface area contributed by atoms with E-state index in [1.54, 1.807) is 30.3 Å². The smallest absolute Gasteiger partial charge is 0.335 e. The molecule has 0 spiro atoms. The molecule has 1 aliphatic heterocycles. The molecule has 33 heavy (non-hydrogen) atoms. The standard InChI is InChI=1S/C26H18ClNO5/c27-20-12-5-4-11-19(20)23-22(21(29)14-13-16-7-2-1-3-8-16)24(30)25(31)28(23)18-10-6-9-17(15-18)26(32)33/h1-15,23,30H,(H,32,33)/b14-13+/t23-/m0/s1. The molecular formula is C26H18ClNO5. The lowest BCUT2D eigenvalue weighted by Gasteiger charge is -2.27. The van der Waals surface area contributed by atoms with Crippen LogP contribution in [-0.2, 0) is 9.59 Å². The molecular weight excluding hydrogens is 442 g/mol. The number of carbonyl (C=O) groups is 3. The van der Waals surface area contributed by atoms with Gasteiger partial charge in [-0.1, -0.05) is 72.3 Å². The molecule has 0 saturated carbocycles. The molecule has 0 unspecified atom stereocenters. The van der Waals surface area contributed by atoms with Gasteiger partial charge >= 0.3 is 5.97 Å². The molecule has 164 valence electrons. The summed E-state index contributed by atoms with van der Waals surface area (Å²) in [5.74, 6) is -3.26. The van der Waals surface area contributed by atoms with Crippen LogP contribution in [0.25, 0.3) is 6.08 Å². The van der Waals surface area contributed by atoms with Gasteiger partial charge in [-0.2, -0.15) is 0 Å². The SMILES string of the molecule is O=C(/C=C/c1ccccc1)C1=C(O)C(=O)N(c2cccc(C(=O)O)c2)[C@H]1c1ccccc1Cl. The number of carboxylic acid groups (broad SMARTS) is 1. The summed E-state index contributed by atoms with van der Waals surface area (Å²) in [5.41, 5.74) is 1.23. The number of allylic oxidation sites excluding steroid dienone is 1. The summed E-state index contributed by atoms with van der Waals surface area (Å²) in [6, 6.07) is 20.5. The van der Waals surface area contributed by atoms with Gasteiger partial charge in [-0.05, 0) is 41.5 Å². The van der Waals surface area contributed by atoms with Gasteiger partial charge in [0.05, 0.1) is 17.2 Å². The number of anilines is 1. The molecule has 1 atom stereocenters. The highest BCUT2D eigenvalue weighted by Gasteiger charge is 2.44. The van der Waals surface area contributed by atoms with E-state index < -0.39 is 29.5 Å². The first-order chi connectivity index (χ1) is 15.9. The van der Waals surface area contributed by atoms with E-state index in [1.807, 2.05) is 30.3 Å². The average molecular weight is 460 g/mol. The van der Waals surface area contributed by atoms with Crippen LogP contribution in [0.4, 0.5) is 5.69 Å². The molecule has 6 nitrogen and oxygen atoms in total. The van der Waals surface area contributed by atoms with Gasteiger partial charge in [0, 0.05) is 10.7 Å². The van der Waals surface area contributed by atoms with Crippen molar-refractivity contribution in [3.63, 3.8) is 0 Å². The number of carbonyl (C=O) groups excluding carboxylic acids is 2. The summed E-state index contributed by atoms with van der Waals surface area (Å²) < 4.78 is 0. The fraction of sp³-hybridized carbons (Fsp3) is 0.0385. The van der Waals surface area contributed by atoms with Crippen LogP contribution in [0.2, 0.25) is 5.02 Å². The Balaban J connectivity index is 1.83. The second kappa shape index (κ2) is 9.14. The van der Waals surface area contributed by atoms with Gasteiger partial charge in [-0.3, -0.25) is 14.5 Å². The van der Waals surface area contributed by atoms with Crippen molar-refractivity contribution < 1.29 is 24.6 Å². The average Bonchev–Trinajstić information content (AvgIpc) is 3.09. The van der Waals surface area contributed by atoms with E-state index in [2.05, 4.69) is 0 Å². The lowest BCUT2D eigenvalue weighted by molar-refractivity contribution is -0.117. The summed E-state index contributed by atoms with van der Waals surface area (Å²) in [6.07, 6.45) is 2.87.